The van der Waals surface area contributed by atoms with Gasteiger partial charge in [-0.05, 0) is 11.6 Å². The van der Waals surface area contributed by atoms with E-state index < -0.39 is 6.69 Å². The van der Waals surface area contributed by atoms with Crippen LogP contribution in [0, 0.1) is 0 Å². The molecule has 0 aromatic carbocycles. The fourth-order valence-electron chi connectivity index (χ4n) is 2.34. The van der Waals surface area contributed by atoms with E-state index in [0.717, 1.165) is 6.04 Å². The van der Waals surface area contributed by atoms with Gasteiger partial charge in [0, 0.05) is 0 Å². The molecule has 0 aromatic heterocycles. The highest BCUT2D eigenvalue weighted by Crippen LogP contribution is 2.44. The molecule has 0 spiro atoms. The monoisotopic (exact) mass is 252 g/mol. The molecular weight excluding hydrogens is 231 g/mol. The molecule has 0 heterocycles. The second-order valence-electron chi connectivity index (χ2n) is 4.55. The summed E-state index contributed by atoms with van der Waals surface area (Å²) in [4.78, 5) is 0. The molecule has 14 heavy (non-hydrogen) atoms. The first-order chi connectivity index (χ1) is 6.67. The van der Waals surface area contributed by atoms with Crippen molar-refractivity contribution in [2.45, 2.75) is 69.9 Å². The van der Waals surface area contributed by atoms with Crippen LogP contribution < -0.4 is 0 Å². The quantitative estimate of drug-likeness (QED) is 0.348. The van der Waals surface area contributed by atoms with E-state index in [0.29, 0.717) is 5.54 Å². The zero-order chi connectivity index (χ0) is 10.4. The van der Waals surface area contributed by atoms with Crippen LogP contribution in [0.4, 0.5) is 0 Å². The van der Waals surface area contributed by atoms with Gasteiger partial charge in [0.25, 0.3) is 6.69 Å². The molecule has 1 aliphatic carbocycles. The van der Waals surface area contributed by atoms with Crippen molar-refractivity contribution in [1.82, 2.24) is 0 Å². The van der Waals surface area contributed by atoms with Crippen molar-refractivity contribution in [2.24, 2.45) is 0 Å². The Kier molecular flexibility index (Phi) is 5.88. The van der Waals surface area contributed by atoms with Gasteiger partial charge in [0.15, 0.2) is 0 Å². The van der Waals surface area contributed by atoms with Crippen LogP contribution in [-0.2, 0) is 0 Å². The third-order valence-electron chi connectivity index (χ3n) is 3.32. The minimum absolute atomic E-state index is 0.691. The van der Waals surface area contributed by atoms with Gasteiger partial charge < -0.3 is 0 Å². The standard InChI is InChI=1S/C11H22Cl2Si/c1-2-3-7-10-14(12,13)11-8-5-4-6-9-11/h11H,2-10H2,1H3. The largest absolute Gasteiger partial charge is 0.254 e. The first kappa shape index (κ1) is 12.9. The van der Waals surface area contributed by atoms with Crippen molar-refractivity contribution in [3.8, 4) is 0 Å². The summed E-state index contributed by atoms with van der Waals surface area (Å²) in [5.74, 6) is 0. The smallest absolute Gasteiger partial charge is 0.146 e. The predicted octanol–water partition coefficient (Wildman–Crippen LogP) is 5.43. The van der Waals surface area contributed by atoms with Crippen molar-refractivity contribution >= 4 is 28.9 Å². The molecule has 0 amide bonds. The Hall–Kier alpha value is 0.797. The summed E-state index contributed by atoms with van der Waals surface area (Å²) < 4.78 is 0. The lowest BCUT2D eigenvalue weighted by Gasteiger charge is -2.30. The summed E-state index contributed by atoms with van der Waals surface area (Å²) in [5.41, 5.74) is 0.691. The second kappa shape index (κ2) is 6.39. The molecule has 1 aliphatic rings. The number of hydrogen-bond acceptors (Lipinski definition) is 0. The summed E-state index contributed by atoms with van der Waals surface area (Å²) >= 11 is 13.1. The van der Waals surface area contributed by atoms with E-state index in [2.05, 4.69) is 6.92 Å². The highest BCUT2D eigenvalue weighted by Gasteiger charge is 2.38. The molecule has 84 valence electrons. The van der Waals surface area contributed by atoms with E-state index >= 15 is 0 Å². The topological polar surface area (TPSA) is 0 Å². The van der Waals surface area contributed by atoms with Crippen molar-refractivity contribution < 1.29 is 0 Å². The molecule has 0 N–H and O–H groups in total. The maximum Gasteiger partial charge on any atom is 0.254 e. The fraction of sp³-hybridized carbons (Fsp3) is 1.00. The summed E-state index contributed by atoms with van der Waals surface area (Å²) in [7, 11) is 0. The minimum Gasteiger partial charge on any atom is -0.146 e. The fourth-order valence-corrected chi connectivity index (χ4v) is 6.83. The Morgan fingerprint density at radius 1 is 1.07 bits per heavy atom. The normalized spacial score (nSPS) is 19.9. The van der Waals surface area contributed by atoms with Gasteiger partial charge in [-0.1, -0.05) is 58.3 Å². The first-order valence-corrected chi connectivity index (χ1v) is 10.4. The molecule has 1 saturated carbocycles. The number of unbranched alkanes of at least 4 members (excludes halogenated alkanes) is 2. The summed E-state index contributed by atoms with van der Waals surface area (Å²) in [6, 6.07) is 1.12. The van der Waals surface area contributed by atoms with Gasteiger partial charge in [0.05, 0.1) is 0 Å². The van der Waals surface area contributed by atoms with Gasteiger partial charge >= 0.3 is 0 Å². The molecule has 0 saturated heterocycles. The van der Waals surface area contributed by atoms with E-state index in [1.807, 2.05) is 0 Å². The predicted molar refractivity (Wildman–Crippen MR) is 68.6 cm³/mol. The van der Waals surface area contributed by atoms with Gasteiger partial charge in [-0.25, -0.2) is 0 Å². The molecule has 1 rings (SSSR count). The van der Waals surface area contributed by atoms with Crippen LogP contribution in [0.5, 0.6) is 0 Å². The molecule has 1 fully saturated rings. The van der Waals surface area contributed by atoms with Gasteiger partial charge in [0.1, 0.15) is 0 Å². The lowest BCUT2D eigenvalue weighted by molar-refractivity contribution is 0.496. The number of rotatable bonds is 5. The van der Waals surface area contributed by atoms with Crippen molar-refractivity contribution in [3.05, 3.63) is 0 Å². The zero-order valence-corrected chi connectivity index (χ0v) is 11.7. The Morgan fingerprint density at radius 3 is 2.29 bits per heavy atom. The van der Waals surface area contributed by atoms with E-state index in [1.54, 1.807) is 0 Å². The SMILES string of the molecule is CCCCC[Si](Cl)(Cl)C1CCCCC1. The number of halogens is 2. The van der Waals surface area contributed by atoms with Crippen LogP contribution in [0.3, 0.4) is 0 Å². The average molecular weight is 253 g/mol. The van der Waals surface area contributed by atoms with Crippen molar-refractivity contribution in [3.63, 3.8) is 0 Å². The molecule has 0 nitrogen and oxygen atoms in total. The van der Waals surface area contributed by atoms with Gasteiger partial charge in [-0.3, -0.25) is 0 Å². The molecule has 0 atom stereocenters. The van der Waals surface area contributed by atoms with Crippen LogP contribution in [0.15, 0.2) is 0 Å². The lowest BCUT2D eigenvalue weighted by atomic mass is 10.0. The molecule has 3 heteroatoms. The van der Waals surface area contributed by atoms with E-state index in [9.17, 15) is 0 Å². The first-order valence-electron chi connectivity index (χ1n) is 6.04. The Labute approximate surface area is 98.8 Å². The molecule has 0 unspecified atom stereocenters. The molecule has 0 bridgehead atoms. The van der Waals surface area contributed by atoms with E-state index in [-0.39, 0.29) is 0 Å². The highest BCUT2D eigenvalue weighted by atomic mass is 35.7. The maximum atomic E-state index is 6.56. The third kappa shape index (κ3) is 4.12. The summed E-state index contributed by atoms with van der Waals surface area (Å²) in [5, 5.41) is 0. The van der Waals surface area contributed by atoms with Crippen LogP contribution in [0.25, 0.3) is 0 Å². The van der Waals surface area contributed by atoms with Crippen LogP contribution in [-0.4, -0.2) is 6.69 Å². The zero-order valence-electron chi connectivity index (χ0n) is 9.20. The molecule has 0 aromatic rings. The minimum atomic E-state index is -1.90. The summed E-state index contributed by atoms with van der Waals surface area (Å²) in [6.07, 6.45) is 10.5. The van der Waals surface area contributed by atoms with Gasteiger partial charge in [-0.2, -0.15) is 0 Å². The Morgan fingerprint density at radius 2 is 1.71 bits per heavy atom. The molecular formula is C11H22Cl2Si. The second-order valence-corrected chi connectivity index (χ2v) is 12.0. The van der Waals surface area contributed by atoms with Crippen LogP contribution in [0.1, 0.15) is 58.3 Å². The van der Waals surface area contributed by atoms with Crippen molar-refractivity contribution in [1.29, 1.82) is 0 Å². The summed E-state index contributed by atoms with van der Waals surface area (Å²) in [6.45, 7) is 0.333. The average Bonchev–Trinajstić information content (AvgIpc) is 2.19. The van der Waals surface area contributed by atoms with E-state index in [4.69, 9.17) is 22.2 Å². The Bertz CT molecular complexity index is 153. The van der Waals surface area contributed by atoms with Crippen molar-refractivity contribution in [2.75, 3.05) is 0 Å². The molecule has 0 radical (unpaired) electrons. The lowest BCUT2D eigenvalue weighted by Crippen LogP contribution is -2.28. The van der Waals surface area contributed by atoms with E-state index in [1.165, 1.54) is 51.4 Å². The number of hydrogen-bond donors (Lipinski definition) is 0. The van der Waals surface area contributed by atoms with Crippen LogP contribution >= 0.6 is 22.2 Å². The molecule has 0 aliphatic heterocycles. The van der Waals surface area contributed by atoms with Gasteiger partial charge in [-0.15, -0.1) is 22.2 Å². The maximum absolute atomic E-state index is 6.56. The van der Waals surface area contributed by atoms with Crippen LogP contribution in [0.2, 0.25) is 11.6 Å². The Balaban J connectivity index is 2.29. The van der Waals surface area contributed by atoms with Gasteiger partial charge in [0.2, 0.25) is 0 Å². The third-order valence-corrected chi connectivity index (χ3v) is 9.09. The highest BCUT2D eigenvalue weighted by molar-refractivity contribution is 7.46.